The van der Waals surface area contributed by atoms with Crippen LogP contribution in [0.25, 0.3) is 11.1 Å². The smallest absolute Gasteiger partial charge is 0.349 e. The predicted octanol–water partition coefficient (Wildman–Crippen LogP) is 3.79. The Morgan fingerprint density at radius 3 is 2.35 bits per heavy atom. The van der Waals surface area contributed by atoms with Gasteiger partial charge in [-0.2, -0.15) is 0 Å². The number of thiophene rings is 1. The summed E-state index contributed by atoms with van der Waals surface area (Å²) < 4.78 is 5.30. The fourth-order valence-electron chi connectivity index (χ4n) is 2.10. The van der Waals surface area contributed by atoms with E-state index in [4.69, 9.17) is 4.74 Å². The highest BCUT2D eigenvalue weighted by atomic mass is 32.1. The molecule has 4 nitrogen and oxygen atoms in total. The standard InChI is InChI=1S/C18H21NO3S/c1-11(2)19-17(20)13(4)22-18(21)16-15(9-10-23-16)14-7-5-12(3)6-8-14/h5-11,13H,1-4H3,(H,19,20). The lowest BCUT2D eigenvalue weighted by molar-refractivity contribution is -0.129. The summed E-state index contributed by atoms with van der Waals surface area (Å²) >= 11 is 1.32. The summed E-state index contributed by atoms with van der Waals surface area (Å²) in [5.41, 5.74) is 2.95. The number of ether oxygens (including phenoxy) is 1. The van der Waals surface area contributed by atoms with Crippen LogP contribution in [0.4, 0.5) is 0 Å². The molecule has 23 heavy (non-hydrogen) atoms. The third kappa shape index (κ3) is 4.42. The number of amides is 1. The first kappa shape index (κ1) is 17.2. The van der Waals surface area contributed by atoms with Crippen LogP contribution in [0, 0.1) is 6.92 Å². The van der Waals surface area contributed by atoms with E-state index in [9.17, 15) is 9.59 Å². The number of esters is 1. The second kappa shape index (κ2) is 7.42. The number of aryl methyl sites for hydroxylation is 1. The van der Waals surface area contributed by atoms with Crippen molar-refractivity contribution < 1.29 is 14.3 Å². The van der Waals surface area contributed by atoms with E-state index in [1.807, 2.05) is 56.5 Å². The summed E-state index contributed by atoms with van der Waals surface area (Å²) in [5, 5.41) is 4.58. The molecule has 1 amide bonds. The Hall–Kier alpha value is -2.14. The molecule has 0 spiro atoms. The van der Waals surface area contributed by atoms with E-state index in [2.05, 4.69) is 5.32 Å². The van der Waals surface area contributed by atoms with Gasteiger partial charge in [0.2, 0.25) is 0 Å². The number of nitrogens with one attached hydrogen (secondary N) is 1. The fraction of sp³-hybridized carbons (Fsp3) is 0.333. The average Bonchev–Trinajstić information content (AvgIpc) is 2.96. The molecule has 1 heterocycles. The van der Waals surface area contributed by atoms with Crippen LogP contribution in [0.2, 0.25) is 0 Å². The topological polar surface area (TPSA) is 55.4 Å². The highest BCUT2D eigenvalue weighted by Gasteiger charge is 2.22. The number of carbonyl (C=O) groups excluding carboxylic acids is 2. The van der Waals surface area contributed by atoms with E-state index < -0.39 is 12.1 Å². The first-order valence-corrected chi connectivity index (χ1v) is 8.42. The van der Waals surface area contributed by atoms with Gasteiger partial charge in [0.05, 0.1) is 0 Å². The zero-order valence-electron chi connectivity index (χ0n) is 13.8. The third-order valence-corrected chi connectivity index (χ3v) is 4.19. The van der Waals surface area contributed by atoms with E-state index in [0.717, 1.165) is 16.7 Å². The number of benzene rings is 1. The van der Waals surface area contributed by atoms with Crippen molar-refractivity contribution in [2.75, 3.05) is 0 Å². The Morgan fingerprint density at radius 1 is 1.09 bits per heavy atom. The molecule has 1 aromatic carbocycles. The van der Waals surface area contributed by atoms with Crippen molar-refractivity contribution >= 4 is 23.2 Å². The number of rotatable bonds is 5. The Morgan fingerprint density at radius 2 is 1.74 bits per heavy atom. The van der Waals surface area contributed by atoms with E-state index in [1.165, 1.54) is 11.3 Å². The monoisotopic (exact) mass is 331 g/mol. The maximum Gasteiger partial charge on any atom is 0.349 e. The SMILES string of the molecule is Cc1ccc(-c2ccsc2C(=O)OC(C)C(=O)NC(C)C)cc1. The van der Waals surface area contributed by atoms with E-state index in [-0.39, 0.29) is 11.9 Å². The predicted molar refractivity (Wildman–Crippen MR) is 92.6 cm³/mol. The van der Waals surface area contributed by atoms with Gasteiger partial charge in [-0.25, -0.2) is 4.79 Å². The van der Waals surface area contributed by atoms with Gasteiger partial charge in [0, 0.05) is 11.6 Å². The van der Waals surface area contributed by atoms with Crippen LogP contribution >= 0.6 is 11.3 Å². The number of hydrogen-bond acceptors (Lipinski definition) is 4. The molecule has 0 fully saturated rings. The molecule has 0 radical (unpaired) electrons. The molecule has 2 rings (SSSR count). The summed E-state index contributed by atoms with van der Waals surface area (Å²) in [4.78, 5) is 24.8. The van der Waals surface area contributed by atoms with Gasteiger partial charge in [-0.05, 0) is 44.7 Å². The lowest BCUT2D eigenvalue weighted by Gasteiger charge is -2.15. The maximum atomic E-state index is 12.4. The lowest BCUT2D eigenvalue weighted by Crippen LogP contribution is -2.39. The molecule has 0 aliphatic heterocycles. The molecule has 1 unspecified atom stereocenters. The minimum absolute atomic E-state index is 0.00788. The minimum Gasteiger partial charge on any atom is -0.448 e. The normalized spacial score (nSPS) is 12.0. The highest BCUT2D eigenvalue weighted by Crippen LogP contribution is 2.29. The molecular formula is C18H21NO3S. The van der Waals surface area contributed by atoms with Crippen LogP contribution in [0.1, 0.15) is 36.0 Å². The molecule has 2 aromatic rings. The second-order valence-corrected chi connectivity index (χ2v) is 6.66. The molecule has 0 aliphatic rings. The number of carbonyl (C=O) groups is 2. The van der Waals surface area contributed by atoms with Crippen molar-refractivity contribution in [3.05, 3.63) is 46.2 Å². The molecule has 1 N–H and O–H groups in total. The summed E-state index contributed by atoms with van der Waals surface area (Å²) in [6.45, 7) is 7.32. The minimum atomic E-state index is -0.821. The summed E-state index contributed by atoms with van der Waals surface area (Å²) in [7, 11) is 0. The van der Waals surface area contributed by atoms with Crippen LogP contribution in [-0.2, 0) is 9.53 Å². The first-order chi connectivity index (χ1) is 10.9. The molecule has 122 valence electrons. The van der Waals surface area contributed by atoms with Gasteiger partial charge in [0.1, 0.15) is 4.88 Å². The molecule has 0 saturated heterocycles. The molecular weight excluding hydrogens is 310 g/mol. The van der Waals surface area contributed by atoms with Crippen molar-refractivity contribution in [3.63, 3.8) is 0 Å². The quantitative estimate of drug-likeness (QED) is 0.848. The van der Waals surface area contributed by atoms with Crippen molar-refractivity contribution in [1.82, 2.24) is 5.32 Å². The van der Waals surface area contributed by atoms with Crippen LogP contribution in [0.3, 0.4) is 0 Å². The summed E-state index contributed by atoms with van der Waals surface area (Å²) in [5.74, 6) is -0.760. The Labute approximate surface area is 140 Å². The average molecular weight is 331 g/mol. The highest BCUT2D eigenvalue weighted by molar-refractivity contribution is 7.12. The second-order valence-electron chi connectivity index (χ2n) is 5.74. The zero-order chi connectivity index (χ0) is 17.0. The van der Waals surface area contributed by atoms with Crippen LogP contribution < -0.4 is 5.32 Å². The zero-order valence-corrected chi connectivity index (χ0v) is 14.6. The lowest BCUT2D eigenvalue weighted by atomic mass is 10.1. The van der Waals surface area contributed by atoms with E-state index in [0.29, 0.717) is 4.88 Å². The molecule has 0 aliphatic carbocycles. The van der Waals surface area contributed by atoms with Gasteiger partial charge in [-0.3, -0.25) is 4.79 Å². The van der Waals surface area contributed by atoms with Gasteiger partial charge in [0.15, 0.2) is 6.10 Å². The largest absolute Gasteiger partial charge is 0.448 e. The molecule has 5 heteroatoms. The van der Waals surface area contributed by atoms with Crippen molar-refractivity contribution in [3.8, 4) is 11.1 Å². The van der Waals surface area contributed by atoms with Crippen molar-refractivity contribution in [1.29, 1.82) is 0 Å². The molecule has 1 aromatic heterocycles. The van der Waals surface area contributed by atoms with Crippen molar-refractivity contribution in [2.45, 2.75) is 39.8 Å². The fourth-order valence-corrected chi connectivity index (χ4v) is 2.89. The Balaban J connectivity index is 2.13. The molecule has 0 saturated carbocycles. The molecule has 0 bridgehead atoms. The maximum absolute atomic E-state index is 12.4. The number of hydrogen-bond donors (Lipinski definition) is 1. The first-order valence-electron chi connectivity index (χ1n) is 7.54. The van der Waals surface area contributed by atoms with Gasteiger partial charge < -0.3 is 10.1 Å². The van der Waals surface area contributed by atoms with Gasteiger partial charge in [0.25, 0.3) is 5.91 Å². The molecule has 1 atom stereocenters. The summed E-state index contributed by atoms with van der Waals surface area (Å²) in [6, 6.07) is 9.85. The third-order valence-electron chi connectivity index (χ3n) is 3.30. The van der Waals surface area contributed by atoms with Gasteiger partial charge >= 0.3 is 5.97 Å². The Bertz CT molecular complexity index is 689. The van der Waals surface area contributed by atoms with E-state index >= 15 is 0 Å². The van der Waals surface area contributed by atoms with Gasteiger partial charge in [-0.1, -0.05) is 29.8 Å². The Kier molecular flexibility index (Phi) is 5.55. The van der Waals surface area contributed by atoms with Gasteiger partial charge in [-0.15, -0.1) is 11.3 Å². The van der Waals surface area contributed by atoms with E-state index in [1.54, 1.807) is 6.92 Å². The van der Waals surface area contributed by atoms with Crippen LogP contribution in [-0.4, -0.2) is 24.0 Å². The van der Waals surface area contributed by atoms with Crippen LogP contribution in [0.15, 0.2) is 35.7 Å². The van der Waals surface area contributed by atoms with Crippen molar-refractivity contribution in [2.24, 2.45) is 0 Å². The van der Waals surface area contributed by atoms with Crippen LogP contribution in [0.5, 0.6) is 0 Å². The summed E-state index contributed by atoms with van der Waals surface area (Å²) in [6.07, 6.45) is -0.821.